The predicted octanol–water partition coefficient (Wildman–Crippen LogP) is 2.81. The van der Waals surface area contributed by atoms with Gasteiger partial charge < -0.3 is 14.6 Å². The maximum atomic E-state index is 10.9. The first-order chi connectivity index (χ1) is 9.52. The number of benzene rings is 1. The number of carboxylic acids is 1. The molecule has 108 valence electrons. The van der Waals surface area contributed by atoms with Gasteiger partial charge in [0.15, 0.2) is 0 Å². The average Bonchev–Trinajstić information content (AvgIpc) is 2.77. The molecule has 1 atom stereocenters. The van der Waals surface area contributed by atoms with Crippen LogP contribution >= 0.6 is 0 Å². The molecule has 4 nitrogen and oxygen atoms in total. The third kappa shape index (κ3) is 3.02. The molecule has 1 unspecified atom stereocenters. The lowest BCUT2D eigenvalue weighted by atomic mass is 10.1. The highest BCUT2D eigenvalue weighted by Gasteiger charge is 2.15. The molecular weight excluding hydrogens is 252 g/mol. The van der Waals surface area contributed by atoms with Crippen molar-refractivity contribution in [2.75, 3.05) is 13.6 Å². The normalized spacial score (nSPS) is 13.0. The average molecular weight is 274 g/mol. The fourth-order valence-electron chi connectivity index (χ4n) is 2.61. The van der Waals surface area contributed by atoms with Gasteiger partial charge in [-0.15, -0.1) is 0 Å². The monoisotopic (exact) mass is 274 g/mol. The third-order valence-electron chi connectivity index (χ3n) is 3.66. The highest BCUT2D eigenvalue weighted by Crippen LogP contribution is 2.22. The summed E-state index contributed by atoms with van der Waals surface area (Å²) < 4.78 is 2.24. The number of carbonyl (C=O) groups is 1. The van der Waals surface area contributed by atoms with Gasteiger partial charge in [0.2, 0.25) is 0 Å². The minimum atomic E-state index is -0.743. The number of hydrogen-bond acceptors (Lipinski definition) is 2. The van der Waals surface area contributed by atoms with Gasteiger partial charge in [-0.1, -0.05) is 25.1 Å². The largest absolute Gasteiger partial charge is 0.481 e. The van der Waals surface area contributed by atoms with Gasteiger partial charge in [0.1, 0.15) is 0 Å². The summed E-state index contributed by atoms with van der Waals surface area (Å²) >= 11 is 0. The third-order valence-corrected chi connectivity index (χ3v) is 3.66. The second-order valence-corrected chi connectivity index (χ2v) is 5.39. The molecule has 0 saturated carbocycles. The van der Waals surface area contributed by atoms with Crippen molar-refractivity contribution in [1.82, 2.24) is 9.47 Å². The van der Waals surface area contributed by atoms with Crippen LogP contribution in [0.1, 0.15) is 19.4 Å². The first-order valence-electron chi connectivity index (χ1n) is 7.01. The Hall–Kier alpha value is -1.81. The molecule has 1 N–H and O–H groups in total. The number of rotatable bonds is 6. The minimum Gasteiger partial charge on any atom is -0.481 e. The van der Waals surface area contributed by atoms with Crippen LogP contribution in [0, 0.1) is 5.92 Å². The summed E-state index contributed by atoms with van der Waals surface area (Å²) in [7, 11) is 1.97. The number of nitrogens with zero attached hydrogens (tertiary/aromatic N) is 2. The van der Waals surface area contributed by atoms with E-state index >= 15 is 0 Å². The summed E-state index contributed by atoms with van der Waals surface area (Å²) in [5, 5.41) is 10.2. The number of para-hydroxylation sites is 1. The van der Waals surface area contributed by atoms with Crippen molar-refractivity contribution in [3.05, 3.63) is 36.0 Å². The Morgan fingerprint density at radius 2 is 2.10 bits per heavy atom. The van der Waals surface area contributed by atoms with Crippen molar-refractivity contribution in [3.8, 4) is 0 Å². The molecule has 2 rings (SSSR count). The molecule has 0 spiro atoms. The van der Waals surface area contributed by atoms with Gasteiger partial charge in [-0.25, -0.2) is 0 Å². The second kappa shape index (κ2) is 6.09. The topological polar surface area (TPSA) is 45.5 Å². The Morgan fingerprint density at radius 1 is 1.40 bits per heavy atom. The van der Waals surface area contributed by atoms with Gasteiger partial charge in [-0.3, -0.25) is 4.79 Å². The van der Waals surface area contributed by atoms with E-state index in [1.165, 1.54) is 16.5 Å². The Kier molecular flexibility index (Phi) is 4.45. The zero-order valence-corrected chi connectivity index (χ0v) is 12.3. The molecule has 0 fully saturated rings. The fourth-order valence-corrected chi connectivity index (χ4v) is 2.61. The summed E-state index contributed by atoms with van der Waals surface area (Å²) in [6.45, 7) is 6.14. The Balaban J connectivity index is 2.19. The second-order valence-electron chi connectivity index (χ2n) is 5.39. The van der Waals surface area contributed by atoms with Crippen LogP contribution in [-0.4, -0.2) is 34.1 Å². The van der Waals surface area contributed by atoms with Gasteiger partial charge in [0, 0.05) is 36.7 Å². The molecule has 1 heterocycles. The molecule has 0 aliphatic rings. The lowest BCUT2D eigenvalue weighted by Crippen LogP contribution is -2.28. The summed E-state index contributed by atoms with van der Waals surface area (Å²) in [6, 6.07) is 8.35. The minimum absolute atomic E-state index is 0.348. The molecule has 20 heavy (non-hydrogen) atoms. The van der Waals surface area contributed by atoms with Crippen LogP contribution in [0.2, 0.25) is 0 Å². The first-order valence-corrected chi connectivity index (χ1v) is 7.01. The predicted molar refractivity (Wildman–Crippen MR) is 80.7 cm³/mol. The number of aryl methyl sites for hydroxylation is 1. The van der Waals surface area contributed by atoms with E-state index in [1.807, 2.05) is 13.1 Å². The molecule has 0 saturated heterocycles. The lowest BCUT2D eigenvalue weighted by Gasteiger charge is -2.18. The molecule has 0 bridgehead atoms. The Labute approximate surface area is 119 Å². The van der Waals surface area contributed by atoms with E-state index in [9.17, 15) is 4.79 Å². The van der Waals surface area contributed by atoms with E-state index in [1.54, 1.807) is 6.92 Å². The molecule has 0 radical (unpaired) electrons. The van der Waals surface area contributed by atoms with Crippen LogP contribution in [0.15, 0.2) is 30.5 Å². The van der Waals surface area contributed by atoms with Crippen LogP contribution in [0.4, 0.5) is 0 Å². The number of aromatic nitrogens is 1. The number of aliphatic carboxylic acids is 1. The van der Waals surface area contributed by atoms with Crippen molar-refractivity contribution in [3.63, 3.8) is 0 Å². The molecular formula is C16H22N2O2. The maximum Gasteiger partial charge on any atom is 0.307 e. The molecule has 1 aromatic heterocycles. The Morgan fingerprint density at radius 3 is 2.75 bits per heavy atom. The molecule has 2 aromatic rings. The van der Waals surface area contributed by atoms with Crippen molar-refractivity contribution in [1.29, 1.82) is 0 Å². The molecule has 0 aliphatic heterocycles. The highest BCUT2D eigenvalue weighted by molar-refractivity contribution is 5.83. The van der Waals surface area contributed by atoms with Crippen LogP contribution in [0.5, 0.6) is 0 Å². The highest BCUT2D eigenvalue weighted by atomic mass is 16.4. The standard InChI is InChI=1S/C16H22N2O2/c1-4-18-11-13(14-7-5-6-8-15(14)18)10-17(3)9-12(2)16(19)20/h5-8,11-12H,4,9-10H2,1-3H3,(H,19,20). The number of hydrogen-bond donors (Lipinski definition) is 1. The van der Waals surface area contributed by atoms with E-state index in [2.05, 4.69) is 40.8 Å². The zero-order chi connectivity index (χ0) is 14.7. The van der Waals surface area contributed by atoms with Gasteiger partial charge >= 0.3 is 5.97 Å². The first kappa shape index (κ1) is 14.6. The Bertz CT molecular complexity index is 604. The van der Waals surface area contributed by atoms with E-state index in [0.717, 1.165) is 13.1 Å². The van der Waals surface area contributed by atoms with Crippen LogP contribution < -0.4 is 0 Å². The van der Waals surface area contributed by atoms with Crippen molar-refractivity contribution in [2.24, 2.45) is 5.92 Å². The summed E-state index contributed by atoms with van der Waals surface area (Å²) in [4.78, 5) is 13.0. The quantitative estimate of drug-likeness (QED) is 0.881. The van der Waals surface area contributed by atoms with Gasteiger partial charge in [0.05, 0.1) is 5.92 Å². The summed E-state index contributed by atoms with van der Waals surface area (Å²) in [6.07, 6.45) is 2.17. The van der Waals surface area contributed by atoms with Crippen molar-refractivity contribution >= 4 is 16.9 Å². The smallest absolute Gasteiger partial charge is 0.307 e. The van der Waals surface area contributed by atoms with Crippen LogP contribution in [0.25, 0.3) is 10.9 Å². The van der Waals surface area contributed by atoms with Crippen molar-refractivity contribution < 1.29 is 9.90 Å². The fraction of sp³-hybridized carbons (Fsp3) is 0.438. The summed E-state index contributed by atoms with van der Waals surface area (Å²) in [5.41, 5.74) is 2.49. The van der Waals surface area contributed by atoms with E-state index in [4.69, 9.17) is 5.11 Å². The molecule has 0 amide bonds. The van der Waals surface area contributed by atoms with Gasteiger partial charge in [0.25, 0.3) is 0 Å². The SMILES string of the molecule is CCn1cc(CN(C)CC(C)C(=O)O)c2ccccc21. The van der Waals surface area contributed by atoms with Crippen LogP contribution in [0.3, 0.4) is 0 Å². The lowest BCUT2D eigenvalue weighted by molar-refractivity contribution is -0.141. The molecule has 1 aromatic carbocycles. The van der Waals surface area contributed by atoms with Crippen LogP contribution in [-0.2, 0) is 17.9 Å². The molecule has 4 heteroatoms. The maximum absolute atomic E-state index is 10.9. The number of carboxylic acid groups (broad SMARTS) is 1. The van der Waals surface area contributed by atoms with Gasteiger partial charge in [-0.2, -0.15) is 0 Å². The van der Waals surface area contributed by atoms with E-state index in [0.29, 0.717) is 6.54 Å². The number of fused-ring (bicyclic) bond motifs is 1. The summed E-state index contributed by atoms with van der Waals surface area (Å²) in [5.74, 6) is -1.09. The van der Waals surface area contributed by atoms with E-state index < -0.39 is 5.97 Å². The zero-order valence-electron chi connectivity index (χ0n) is 12.3. The molecule has 0 aliphatic carbocycles. The van der Waals surface area contributed by atoms with Crippen molar-refractivity contribution in [2.45, 2.75) is 26.9 Å². The van der Waals surface area contributed by atoms with Gasteiger partial charge in [-0.05, 0) is 25.6 Å². The van der Waals surface area contributed by atoms with E-state index in [-0.39, 0.29) is 5.92 Å².